The first-order valence-electron chi connectivity index (χ1n) is 5.73. The molecule has 1 amide bonds. The largest absolute Gasteiger partial charge is 0.495 e. The van der Waals surface area contributed by atoms with E-state index in [0.717, 1.165) is 0 Å². The van der Waals surface area contributed by atoms with Gasteiger partial charge in [0.25, 0.3) is 5.91 Å². The Morgan fingerprint density at radius 2 is 2.05 bits per heavy atom. The zero-order valence-corrected chi connectivity index (χ0v) is 12.1. The molecule has 7 heteroatoms. The highest BCUT2D eigenvalue weighted by atomic mass is 32.1. The fourth-order valence-electron chi connectivity index (χ4n) is 1.49. The molecule has 0 aliphatic carbocycles. The molecular formula is C12H18N2O4S. The molecule has 0 radical (unpaired) electrons. The molecule has 0 fully saturated rings. The maximum Gasteiger partial charge on any atom is 0.323 e. The van der Waals surface area contributed by atoms with Crippen LogP contribution < -0.4 is 4.74 Å². The molecule has 6 nitrogen and oxygen atoms in total. The summed E-state index contributed by atoms with van der Waals surface area (Å²) in [5.41, 5.74) is 0. The van der Waals surface area contributed by atoms with Crippen LogP contribution in [-0.4, -0.2) is 67.6 Å². The van der Waals surface area contributed by atoms with Crippen molar-refractivity contribution in [2.24, 2.45) is 0 Å². The van der Waals surface area contributed by atoms with Crippen LogP contribution in [-0.2, 0) is 4.79 Å². The first kappa shape index (κ1) is 15.5. The molecule has 0 unspecified atom stereocenters. The predicted molar refractivity (Wildman–Crippen MR) is 73.0 cm³/mol. The second kappa shape index (κ2) is 7.10. The molecule has 106 valence electrons. The van der Waals surface area contributed by atoms with E-state index in [0.29, 0.717) is 23.7 Å². The average molecular weight is 286 g/mol. The van der Waals surface area contributed by atoms with Gasteiger partial charge in [-0.2, -0.15) is 0 Å². The Hall–Kier alpha value is -1.60. The number of aliphatic carboxylic acids is 1. The van der Waals surface area contributed by atoms with Crippen LogP contribution in [0, 0.1) is 0 Å². The summed E-state index contributed by atoms with van der Waals surface area (Å²) in [6.07, 6.45) is 0. The van der Waals surface area contributed by atoms with E-state index in [4.69, 9.17) is 9.84 Å². The lowest BCUT2D eigenvalue weighted by molar-refractivity contribution is -0.137. The molecule has 0 aromatic carbocycles. The van der Waals surface area contributed by atoms with Gasteiger partial charge in [-0.15, -0.1) is 11.3 Å². The second-order valence-corrected chi connectivity index (χ2v) is 5.16. The maximum atomic E-state index is 12.3. The molecule has 1 heterocycles. The Morgan fingerprint density at radius 1 is 1.37 bits per heavy atom. The van der Waals surface area contributed by atoms with Crippen LogP contribution in [0.2, 0.25) is 0 Å². The Morgan fingerprint density at radius 3 is 2.58 bits per heavy atom. The van der Waals surface area contributed by atoms with Crippen molar-refractivity contribution in [3.8, 4) is 5.75 Å². The van der Waals surface area contributed by atoms with Crippen LogP contribution in [0.15, 0.2) is 11.4 Å². The second-order valence-electron chi connectivity index (χ2n) is 4.24. The number of carboxylic acid groups (broad SMARTS) is 1. The summed E-state index contributed by atoms with van der Waals surface area (Å²) >= 11 is 1.25. The van der Waals surface area contributed by atoms with E-state index >= 15 is 0 Å². The van der Waals surface area contributed by atoms with Crippen LogP contribution in [0.4, 0.5) is 0 Å². The van der Waals surface area contributed by atoms with Crippen molar-refractivity contribution in [3.63, 3.8) is 0 Å². The monoisotopic (exact) mass is 286 g/mol. The summed E-state index contributed by atoms with van der Waals surface area (Å²) in [5, 5.41) is 10.6. The van der Waals surface area contributed by atoms with Crippen LogP contribution in [0.1, 0.15) is 9.67 Å². The number of rotatable bonds is 7. The van der Waals surface area contributed by atoms with E-state index in [-0.39, 0.29) is 12.5 Å². The van der Waals surface area contributed by atoms with Gasteiger partial charge in [-0.05, 0) is 25.5 Å². The summed E-state index contributed by atoms with van der Waals surface area (Å²) in [6, 6.07) is 1.70. The number of ether oxygens (including phenoxy) is 1. The van der Waals surface area contributed by atoms with Gasteiger partial charge in [-0.25, -0.2) is 0 Å². The van der Waals surface area contributed by atoms with Gasteiger partial charge in [0, 0.05) is 13.1 Å². The van der Waals surface area contributed by atoms with Crippen LogP contribution in [0.5, 0.6) is 5.75 Å². The van der Waals surface area contributed by atoms with Crippen molar-refractivity contribution in [1.82, 2.24) is 9.80 Å². The van der Waals surface area contributed by atoms with E-state index in [1.165, 1.54) is 23.3 Å². The minimum atomic E-state index is -1.03. The Labute approximate surface area is 116 Å². The normalized spacial score (nSPS) is 10.5. The third-order valence-corrected chi connectivity index (χ3v) is 3.36. The molecule has 1 N–H and O–H groups in total. The van der Waals surface area contributed by atoms with Gasteiger partial charge >= 0.3 is 5.97 Å². The molecule has 0 spiro atoms. The van der Waals surface area contributed by atoms with E-state index < -0.39 is 5.97 Å². The number of hydrogen-bond donors (Lipinski definition) is 1. The number of nitrogens with zero attached hydrogens (tertiary/aromatic N) is 2. The van der Waals surface area contributed by atoms with Crippen molar-refractivity contribution >= 4 is 23.2 Å². The molecule has 1 rings (SSSR count). The molecule has 0 saturated heterocycles. The van der Waals surface area contributed by atoms with Gasteiger partial charge in [0.1, 0.15) is 17.2 Å². The SMILES string of the molecule is COc1ccsc1C(=O)N(CCN(C)C)CC(=O)O. The van der Waals surface area contributed by atoms with Gasteiger partial charge in [0.15, 0.2) is 0 Å². The summed E-state index contributed by atoms with van der Waals surface area (Å²) in [6.45, 7) is 0.652. The molecule has 1 aromatic heterocycles. The lowest BCUT2D eigenvalue weighted by Gasteiger charge is -2.22. The number of amides is 1. The number of likely N-dealkylation sites (N-methyl/N-ethyl adjacent to an activating group) is 1. The first-order chi connectivity index (χ1) is 8.95. The van der Waals surface area contributed by atoms with Gasteiger partial charge in [0.05, 0.1) is 7.11 Å². The smallest absolute Gasteiger partial charge is 0.323 e. The van der Waals surface area contributed by atoms with Gasteiger partial charge in [-0.1, -0.05) is 0 Å². The van der Waals surface area contributed by atoms with Crippen LogP contribution in [0.3, 0.4) is 0 Å². The van der Waals surface area contributed by atoms with Gasteiger partial charge < -0.3 is 19.6 Å². The average Bonchev–Trinajstić information content (AvgIpc) is 2.81. The molecule has 0 aliphatic heterocycles. The summed E-state index contributed by atoms with van der Waals surface area (Å²) in [5.74, 6) is -0.853. The topological polar surface area (TPSA) is 70.1 Å². The fourth-order valence-corrected chi connectivity index (χ4v) is 2.32. The predicted octanol–water partition coefficient (Wildman–Crippen LogP) is 0.845. The number of methoxy groups -OCH3 is 1. The third-order valence-electron chi connectivity index (χ3n) is 2.47. The van der Waals surface area contributed by atoms with Crippen molar-refractivity contribution < 1.29 is 19.4 Å². The quantitative estimate of drug-likeness (QED) is 0.804. The summed E-state index contributed by atoms with van der Waals surface area (Å²) in [4.78, 5) is 26.8. The number of carboxylic acids is 1. The van der Waals surface area contributed by atoms with E-state index in [1.807, 2.05) is 19.0 Å². The lowest BCUT2D eigenvalue weighted by atomic mass is 10.3. The number of carbonyl (C=O) groups excluding carboxylic acids is 1. The highest BCUT2D eigenvalue weighted by Crippen LogP contribution is 2.25. The minimum absolute atomic E-state index is 0.309. The van der Waals surface area contributed by atoms with E-state index in [9.17, 15) is 9.59 Å². The van der Waals surface area contributed by atoms with Crippen LogP contribution >= 0.6 is 11.3 Å². The molecule has 1 aromatic rings. The van der Waals surface area contributed by atoms with Crippen molar-refractivity contribution in [2.75, 3.05) is 40.8 Å². The number of carbonyl (C=O) groups is 2. The number of thiophene rings is 1. The first-order valence-corrected chi connectivity index (χ1v) is 6.61. The Balaban J connectivity index is 2.84. The van der Waals surface area contributed by atoms with Crippen LogP contribution in [0.25, 0.3) is 0 Å². The molecule has 0 aliphatic rings. The standard InChI is InChI=1S/C12H18N2O4S/c1-13(2)5-6-14(8-10(15)16)12(17)11-9(18-3)4-7-19-11/h4,7H,5-6,8H2,1-3H3,(H,15,16). The lowest BCUT2D eigenvalue weighted by Crippen LogP contribution is -2.39. The molecule has 0 atom stereocenters. The molecule has 19 heavy (non-hydrogen) atoms. The van der Waals surface area contributed by atoms with E-state index in [1.54, 1.807) is 11.4 Å². The summed E-state index contributed by atoms with van der Waals surface area (Å²) < 4.78 is 5.09. The van der Waals surface area contributed by atoms with Crippen molar-refractivity contribution in [1.29, 1.82) is 0 Å². The minimum Gasteiger partial charge on any atom is -0.495 e. The van der Waals surface area contributed by atoms with Crippen molar-refractivity contribution in [3.05, 3.63) is 16.3 Å². The highest BCUT2D eigenvalue weighted by molar-refractivity contribution is 7.12. The molecular weight excluding hydrogens is 268 g/mol. The van der Waals surface area contributed by atoms with Crippen molar-refractivity contribution in [2.45, 2.75) is 0 Å². The zero-order chi connectivity index (χ0) is 14.4. The number of hydrogen-bond acceptors (Lipinski definition) is 5. The Kier molecular flexibility index (Phi) is 5.78. The molecule has 0 saturated carbocycles. The molecule has 0 bridgehead atoms. The highest BCUT2D eigenvalue weighted by Gasteiger charge is 2.22. The third kappa shape index (κ3) is 4.53. The van der Waals surface area contributed by atoms with Gasteiger partial charge in [0.2, 0.25) is 0 Å². The zero-order valence-electron chi connectivity index (χ0n) is 11.3. The van der Waals surface area contributed by atoms with Gasteiger partial charge in [-0.3, -0.25) is 9.59 Å². The maximum absolute atomic E-state index is 12.3. The van der Waals surface area contributed by atoms with E-state index in [2.05, 4.69) is 0 Å². The fraction of sp³-hybridized carbons (Fsp3) is 0.500. The Bertz CT molecular complexity index is 445. The summed E-state index contributed by atoms with van der Waals surface area (Å²) in [7, 11) is 5.23.